The maximum Gasteiger partial charge on any atom is 0.174 e. The molecule has 1 aromatic heterocycles. The maximum atomic E-state index is 12.3. The van der Waals surface area contributed by atoms with Crippen LogP contribution in [0.25, 0.3) is 11.3 Å². The summed E-state index contributed by atoms with van der Waals surface area (Å²) in [5, 5.41) is 24.6. The zero-order valence-corrected chi connectivity index (χ0v) is 23.1. The second-order valence-electron chi connectivity index (χ2n) is 10.9. The van der Waals surface area contributed by atoms with Crippen LogP contribution in [0.1, 0.15) is 31.0 Å². The molecule has 0 radical (unpaired) electrons. The van der Waals surface area contributed by atoms with Gasteiger partial charge in [0.2, 0.25) is 0 Å². The Kier molecular flexibility index (Phi) is 6.38. The summed E-state index contributed by atoms with van der Waals surface area (Å²) in [7, 11) is 0. The van der Waals surface area contributed by atoms with Crippen molar-refractivity contribution in [3.05, 3.63) is 81.4 Å². The normalized spacial score (nSPS) is 30.5. The molecule has 1 saturated heterocycles. The van der Waals surface area contributed by atoms with Gasteiger partial charge in [0.25, 0.3) is 0 Å². The molecule has 5 unspecified atom stereocenters. The summed E-state index contributed by atoms with van der Waals surface area (Å²) in [6.07, 6.45) is -1.79. The van der Waals surface area contributed by atoms with E-state index in [0.717, 1.165) is 22.1 Å². The smallest absolute Gasteiger partial charge is 0.174 e. The summed E-state index contributed by atoms with van der Waals surface area (Å²) < 4.78 is 13.1. The largest absolute Gasteiger partial charge is 0.484 e. The van der Waals surface area contributed by atoms with Crippen LogP contribution in [0, 0.1) is 5.92 Å². The molecule has 2 aliphatic heterocycles. The van der Waals surface area contributed by atoms with Gasteiger partial charge in [-0.25, -0.2) is 4.98 Å². The summed E-state index contributed by atoms with van der Waals surface area (Å²) in [6, 6.07) is 19.4. The lowest BCUT2D eigenvalue weighted by Gasteiger charge is -2.44. The Bertz CT molecular complexity index is 1310. The number of hydrogen-bond acceptors (Lipinski definition) is 6. The summed E-state index contributed by atoms with van der Waals surface area (Å²) in [4.78, 5) is 7.20. The zero-order valence-electron chi connectivity index (χ0n) is 20.8. The van der Waals surface area contributed by atoms with Gasteiger partial charge in [-0.1, -0.05) is 70.0 Å². The van der Waals surface area contributed by atoms with E-state index in [1.54, 1.807) is 6.07 Å². The lowest BCUT2D eigenvalue weighted by atomic mass is 9.85. The first-order chi connectivity index (χ1) is 17.7. The summed E-state index contributed by atoms with van der Waals surface area (Å²) in [5.41, 5.74) is 0.876. The number of aliphatic hydroxyl groups excluding tert-OH is 1. The van der Waals surface area contributed by atoms with Crippen LogP contribution in [0.15, 0.2) is 65.1 Å². The molecular weight excluding hydrogens is 556 g/mol. The SMILES string of the molecule is CC1(C)COCCN1CC1C(c2ccccc2)C2Oc3cc(Cl)c(-c4ccc(Br)cc4)nc3C2(O)C1O. The van der Waals surface area contributed by atoms with E-state index in [4.69, 9.17) is 26.1 Å². The second-order valence-corrected chi connectivity index (χ2v) is 12.2. The van der Waals surface area contributed by atoms with Crippen LogP contribution < -0.4 is 4.74 Å². The molecular formula is C29H30BrClN2O4. The number of aliphatic hydroxyl groups is 2. The number of ether oxygens (including phenoxy) is 2. The topological polar surface area (TPSA) is 75.1 Å². The molecule has 1 aliphatic carbocycles. The van der Waals surface area contributed by atoms with Crippen LogP contribution in [0.2, 0.25) is 5.02 Å². The fraction of sp³-hybridized carbons (Fsp3) is 0.414. The number of aromatic nitrogens is 1. The summed E-state index contributed by atoms with van der Waals surface area (Å²) in [5.74, 6) is -0.107. The number of halogens is 2. The van der Waals surface area contributed by atoms with Crippen molar-refractivity contribution in [2.75, 3.05) is 26.3 Å². The van der Waals surface area contributed by atoms with Gasteiger partial charge >= 0.3 is 0 Å². The Morgan fingerprint density at radius 1 is 1.14 bits per heavy atom. The fourth-order valence-electron chi connectivity index (χ4n) is 6.22. The van der Waals surface area contributed by atoms with Crippen LogP contribution in [-0.2, 0) is 10.3 Å². The molecule has 2 aromatic carbocycles. The number of pyridine rings is 1. The summed E-state index contributed by atoms with van der Waals surface area (Å²) in [6.45, 7) is 6.93. The van der Waals surface area contributed by atoms with Crippen molar-refractivity contribution in [3.63, 3.8) is 0 Å². The minimum atomic E-state index is -1.67. The molecule has 3 heterocycles. The highest BCUT2D eigenvalue weighted by atomic mass is 79.9. The average molecular weight is 586 g/mol. The van der Waals surface area contributed by atoms with Crippen LogP contribution in [-0.4, -0.2) is 64.1 Å². The molecule has 2 fully saturated rings. The number of fused-ring (bicyclic) bond motifs is 3. The van der Waals surface area contributed by atoms with Gasteiger partial charge in [0.05, 0.1) is 30.0 Å². The highest BCUT2D eigenvalue weighted by Crippen LogP contribution is 2.58. The lowest BCUT2D eigenvalue weighted by molar-refractivity contribution is -0.109. The Morgan fingerprint density at radius 2 is 1.86 bits per heavy atom. The predicted molar refractivity (Wildman–Crippen MR) is 146 cm³/mol. The molecule has 1 saturated carbocycles. The Labute approximate surface area is 230 Å². The molecule has 2 N–H and O–H groups in total. The molecule has 6 nitrogen and oxygen atoms in total. The van der Waals surface area contributed by atoms with E-state index in [-0.39, 0.29) is 17.4 Å². The van der Waals surface area contributed by atoms with E-state index in [2.05, 4.69) is 34.7 Å². The van der Waals surface area contributed by atoms with Crippen molar-refractivity contribution >= 4 is 27.5 Å². The number of benzene rings is 2. The molecule has 3 aliphatic rings. The molecule has 0 bridgehead atoms. The molecule has 0 amide bonds. The van der Waals surface area contributed by atoms with Crippen LogP contribution in [0.3, 0.4) is 0 Å². The van der Waals surface area contributed by atoms with Crippen molar-refractivity contribution in [1.29, 1.82) is 0 Å². The highest BCUT2D eigenvalue weighted by Gasteiger charge is 2.67. The molecule has 194 valence electrons. The van der Waals surface area contributed by atoms with Crippen molar-refractivity contribution in [2.24, 2.45) is 5.92 Å². The van der Waals surface area contributed by atoms with Crippen molar-refractivity contribution < 1.29 is 19.7 Å². The minimum Gasteiger partial charge on any atom is -0.484 e. The van der Waals surface area contributed by atoms with E-state index in [0.29, 0.717) is 41.9 Å². The van der Waals surface area contributed by atoms with Crippen molar-refractivity contribution in [2.45, 2.75) is 43.1 Å². The Balaban J connectivity index is 1.44. The third-order valence-corrected chi connectivity index (χ3v) is 9.02. The van der Waals surface area contributed by atoms with Crippen molar-refractivity contribution in [3.8, 4) is 17.0 Å². The van der Waals surface area contributed by atoms with Gasteiger partial charge in [-0.05, 0) is 31.5 Å². The molecule has 6 rings (SSSR count). The highest BCUT2D eigenvalue weighted by molar-refractivity contribution is 9.10. The maximum absolute atomic E-state index is 12.3. The predicted octanol–water partition coefficient (Wildman–Crippen LogP) is 5.00. The first-order valence-electron chi connectivity index (χ1n) is 12.6. The first-order valence-corrected chi connectivity index (χ1v) is 13.8. The van der Waals surface area contributed by atoms with Gasteiger partial charge in [-0.2, -0.15) is 0 Å². The Hall–Kier alpha value is -2.00. The number of rotatable bonds is 4. The van der Waals surface area contributed by atoms with Crippen LogP contribution in [0.4, 0.5) is 0 Å². The monoisotopic (exact) mass is 584 g/mol. The van der Waals surface area contributed by atoms with Crippen LogP contribution >= 0.6 is 27.5 Å². The van der Waals surface area contributed by atoms with E-state index >= 15 is 0 Å². The van der Waals surface area contributed by atoms with Crippen molar-refractivity contribution in [1.82, 2.24) is 9.88 Å². The van der Waals surface area contributed by atoms with Gasteiger partial charge in [0.15, 0.2) is 5.60 Å². The van der Waals surface area contributed by atoms with E-state index < -0.39 is 17.8 Å². The van der Waals surface area contributed by atoms with Crippen LogP contribution in [0.5, 0.6) is 5.75 Å². The minimum absolute atomic E-state index is 0.182. The van der Waals surface area contributed by atoms with Gasteiger partial charge in [-0.15, -0.1) is 0 Å². The standard InChI is InChI=1S/C29H30BrClN2O4/c1-28(2)16-36-13-12-33(28)15-20-23(17-6-4-3-5-7-17)27-29(35,26(20)34)25-22(37-27)14-21(31)24(32-25)18-8-10-19(30)11-9-18/h3-11,14,20,23,26-27,34-35H,12-13,15-16H2,1-2H3. The molecule has 0 spiro atoms. The molecule has 5 atom stereocenters. The second kappa shape index (κ2) is 9.33. The fourth-order valence-corrected chi connectivity index (χ4v) is 6.73. The number of morpholine rings is 1. The van der Waals surface area contributed by atoms with Gasteiger partial charge < -0.3 is 19.7 Å². The quantitative estimate of drug-likeness (QED) is 0.449. The number of hydrogen-bond donors (Lipinski definition) is 2. The third-order valence-electron chi connectivity index (χ3n) is 8.20. The number of nitrogens with zero attached hydrogens (tertiary/aromatic N) is 2. The van der Waals surface area contributed by atoms with E-state index in [9.17, 15) is 10.2 Å². The van der Waals surface area contributed by atoms with Gasteiger partial charge in [-0.3, -0.25) is 4.90 Å². The molecule has 3 aromatic rings. The summed E-state index contributed by atoms with van der Waals surface area (Å²) >= 11 is 10.1. The average Bonchev–Trinajstić information content (AvgIpc) is 3.27. The Morgan fingerprint density at radius 3 is 2.57 bits per heavy atom. The zero-order chi connectivity index (χ0) is 25.9. The lowest BCUT2D eigenvalue weighted by Crippen LogP contribution is -2.55. The van der Waals surface area contributed by atoms with Gasteiger partial charge in [0.1, 0.15) is 17.5 Å². The first kappa shape index (κ1) is 25.3. The molecule has 8 heteroatoms. The van der Waals surface area contributed by atoms with E-state index in [1.165, 1.54) is 0 Å². The van der Waals surface area contributed by atoms with E-state index in [1.807, 2.05) is 54.6 Å². The third kappa shape index (κ3) is 4.11. The van der Waals surface area contributed by atoms with Gasteiger partial charge in [0, 0.05) is 46.6 Å². The molecule has 37 heavy (non-hydrogen) atoms.